The molecule has 0 spiro atoms. The smallest absolute Gasteiger partial charge is 0.355 e. The molecule has 0 aliphatic carbocycles. The minimum atomic E-state index is -0.764. The van der Waals surface area contributed by atoms with Gasteiger partial charge in [0.25, 0.3) is 0 Å². The topological polar surface area (TPSA) is 137 Å². The molecule has 2 aromatic rings. The van der Waals surface area contributed by atoms with E-state index in [0.717, 1.165) is 0 Å². The number of aromatic amines is 2. The molecule has 32 heavy (non-hydrogen) atoms. The van der Waals surface area contributed by atoms with Crippen LogP contribution in [0.2, 0.25) is 0 Å². The Balaban J connectivity index is 2.84. The van der Waals surface area contributed by atoms with E-state index < -0.39 is 23.9 Å². The number of hydrogen-bond acceptors (Lipinski definition) is 8. The van der Waals surface area contributed by atoms with E-state index in [9.17, 15) is 19.2 Å². The maximum absolute atomic E-state index is 12.7. The van der Waals surface area contributed by atoms with Crippen LogP contribution in [0.4, 0.5) is 0 Å². The van der Waals surface area contributed by atoms with Gasteiger partial charge in [0, 0.05) is 0 Å². The first-order chi connectivity index (χ1) is 15.2. The van der Waals surface area contributed by atoms with Crippen molar-refractivity contribution < 1.29 is 38.1 Å². The van der Waals surface area contributed by atoms with E-state index in [-0.39, 0.29) is 69.3 Å². The SMILES string of the molecule is CCOC(=O)c1[nH]c(-c2[nH]c(C(=O)OCC)c(Br)c2C(=O)OCC)c(C(=O)OCC)c1Br. The van der Waals surface area contributed by atoms with Crippen LogP contribution in [0.3, 0.4) is 0 Å². The molecule has 2 rings (SSSR count). The molecule has 10 nitrogen and oxygen atoms in total. The first-order valence-corrected chi connectivity index (χ1v) is 11.3. The lowest BCUT2D eigenvalue weighted by atomic mass is 10.1. The highest BCUT2D eigenvalue weighted by molar-refractivity contribution is 9.11. The summed E-state index contributed by atoms with van der Waals surface area (Å²) in [5.41, 5.74) is -0.212. The molecule has 0 radical (unpaired) electrons. The van der Waals surface area contributed by atoms with Crippen LogP contribution in [0.5, 0.6) is 0 Å². The number of carbonyl (C=O) groups is 4. The predicted molar refractivity (Wildman–Crippen MR) is 120 cm³/mol. The Morgan fingerprint density at radius 1 is 0.594 bits per heavy atom. The van der Waals surface area contributed by atoms with Crippen molar-refractivity contribution in [1.29, 1.82) is 0 Å². The van der Waals surface area contributed by atoms with E-state index in [1.54, 1.807) is 27.7 Å². The molecule has 0 amide bonds. The Morgan fingerprint density at radius 3 is 1.16 bits per heavy atom. The lowest BCUT2D eigenvalue weighted by Gasteiger charge is -2.06. The number of esters is 4. The summed E-state index contributed by atoms with van der Waals surface area (Å²) in [6.07, 6.45) is 0. The lowest BCUT2D eigenvalue weighted by Crippen LogP contribution is -2.09. The fraction of sp³-hybridized carbons (Fsp3) is 0.400. The molecule has 174 valence electrons. The number of nitrogens with one attached hydrogen (secondary N) is 2. The first-order valence-electron chi connectivity index (χ1n) is 9.74. The van der Waals surface area contributed by atoms with Crippen molar-refractivity contribution in [1.82, 2.24) is 9.97 Å². The monoisotopic (exact) mass is 576 g/mol. The quantitative estimate of drug-likeness (QED) is 0.333. The van der Waals surface area contributed by atoms with Gasteiger partial charge in [0.1, 0.15) is 22.5 Å². The molecule has 2 heterocycles. The molecule has 2 N–H and O–H groups in total. The highest BCUT2D eigenvalue weighted by Crippen LogP contribution is 2.38. The summed E-state index contributed by atoms with van der Waals surface area (Å²) in [5.74, 6) is -2.99. The number of hydrogen-bond donors (Lipinski definition) is 2. The number of rotatable bonds is 9. The summed E-state index contributed by atoms with van der Waals surface area (Å²) in [6, 6.07) is 0. The van der Waals surface area contributed by atoms with Crippen molar-refractivity contribution in [2.45, 2.75) is 27.7 Å². The molecule has 0 unspecified atom stereocenters. The zero-order chi connectivity index (χ0) is 24.0. The Morgan fingerprint density at radius 2 is 0.875 bits per heavy atom. The van der Waals surface area contributed by atoms with Gasteiger partial charge in [-0.15, -0.1) is 0 Å². The third-order valence-electron chi connectivity index (χ3n) is 4.05. The van der Waals surface area contributed by atoms with Gasteiger partial charge in [0.2, 0.25) is 0 Å². The lowest BCUT2D eigenvalue weighted by molar-refractivity contribution is 0.0505. The summed E-state index contributed by atoms with van der Waals surface area (Å²) >= 11 is 6.49. The Labute approximate surface area is 200 Å². The first kappa shape index (κ1) is 25.7. The van der Waals surface area contributed by atoms with Crippen molar-refractivity contribution in [2.75, 3.05) is 26.4 Å². The van der Waals surface area contributed by atoms with Gasteiger partial charge in [0.15, 0.2) is 0 Å². The molecular formula is C20H22Br2N2O8. The molecule has 0 aromatic carbocycles. The number of ether oxygens (including phenoxy) is 4. The summed E-state index contributed by atoms with van der Waals surface area (Å²) in [6.45, 7) is 6.85. The third-order valence-corrected chi connectivity index (χ3v) is 5.63. The molecule has 0 atom stereocenters. The van der Waals surface area contributed by atoms with Crippen LogP contribution in [-0.4, -0.2) is 60.3 Å². The van der Waals surface area contributed by atoms with Crippen molar-refractivity contribution in [3.05, 3.63) is 31.5 Å². The molecule has 0 bridgehead atoms. The average molecular weight is 578 g/mol. The molecular weight excluding hydrogens is 556 g/mol. The molecule has 0 saturated carbocycles. The van der Waals surface area contributed by atoms with E-state index in [4.69, 9.17) is 18.9 Å². The largest absolute Gasteiger partial charge is 0.462 e. The van der Waals surface area contributed by atoms with Crippen molar-refractivity contribution in [2.24, 2.45) is 0 Å². The van der Waals surface area contributed by atoms with Crippen molar-refractivity contribution >= 4 is 55.7 Å². The molecule has 0 saturated heterocycles. The second-order valence-electron chi connectivity index (χ2n) is 6.01. The van der Waals surface area contributed by atoms with Gasteiger partial charge < -0.3 is 28.9 Å². The van der Waals surface area contributed by atoms with E-state index in [1.165, 1.54) is 0 Å². The van der Waals surface area contributed by atoms with Gasteiger partial charge in [-0.2, -0.15) is 0 Å². The summed E-state index contributed by atoms with van der Waals surface area (Å²) < 4.78 is 20.5. The summed E-state index contributed by atoms with van der Waals surface area (Å²) in [5, 5.41) is 0. The van der Waals surface area contributed by atoms with Gasteiger partial charge in [0.05, 0.1) is 46.8 Å². The zero-order valence-electron chi connectivity index (χ0n) is 17.9. The minimum absolute atomic E-state index is 0.0256. The van der Waals surface area contributed by atoms with Crippen LogP contribution in [0.25, 0.3) is 11.4 Å². The van der Waals surface area contributed by atoms with Gasteiger partial charge in [-0.1, -0.05) is 0 Å². The Hall–Kier alpha value is -2.60. The van der Waals surface area contributed by atoms with Crippen LogP contribution in [0.15, 0.2) is 8.95 Å². The number of aromatic nitrogens is 2. The fourth-order valence-corrected chi connectivity index (χ4v) is 4.05. The maximum Gasteiger partial charge on any atom is 0.355 e. The highest BCUT2D eigenvalue weighted by Gasteiger charge is 2.34. The second kappa shape index (κ2) is 11.3. The van der Waals surface area contributed by atoms with Crippen LogP contribution >= 0.6 is 31.9 Å². The predicted octanol–water partition coefficient (Wildman–Crippen LogP) is 4.24. The van der Waals surface area contributed by atoms with Gasteiger partial charge in [-0.05, 0) is 59.6 Å². The highest BCUT2D eigenvalue weighted by atomic mass is 79.9. The fourth-order valence-electron chi connectivity index (χ4n) is 2.81. The second-order valence-corrected chi connectivity index (χ2v) is 7.60. The Bertz CT molecular complexity index is 959. The van der Waals surface area contributed by atoms with Crippen LogP contribution in [0, 0.1) is 0 Å². The van der Waals surface area contributed by atoms with Gasteiger partial charge in [-0.25, -0.2) is 19.2 Å². The molecule has 2 aromatic heterocycles. The molecule has 0 aliphatic rings. The van der Waals surface area contributed by atoms with Gasteiger partial charge in [-0.3, -0.25) is 0 Å². The summed E-state index contributed by atoms with van der Waals surface area (Å²) in [7, 11) is 0. The van der Waals surface area contributed by atoms with Crippen molar-refractivity contribution in [3.8, 4) is 11.4 Å². The normalized spacial score (nSPS) is 10.6. The maximum atomic E-state index is 12.7. The van der Waals surface area contributed by atoms with E-state index >= 15 is 0 Å². The molecule has 0 aliphatic heterocycles. The van der Waals surface area contributed by atoms with Crippen LogP contribution in [-0.2, 0) is 18.9 Å². The summed E-state index contributed by atoms with van der Waals surface area (Å²) in [4.78, 5) is 55.9. The standard InChI is InChI=1S/C20H22Br2N2O8/c1-5-29-17(25)9-11(21)15(19(27)31-7-3)23-13(9)14-10(18(26)30-6-2)12(22)16(24-14)20(28)32-8-4/h23-24H,5-8H2,1-4H3. The van der Waals surface area contributed by atoms with Crippen molar-refractivity contribution in [3.63, 3.8) is 0 Å². The molecule has 0 fully saturated rings. The number of halogens is 2. The van der Waals surface area contributed by atoms with E-state index in [0.29, 0.717) is 0 Å². The van der Waals surface area contributed by atoms with Crippen LogP contribution < -0.4 is 0 Å². The third kappa shape index (κ3) is 5.07. The zero-order valence-corrected chi connectivity index (χ0v) is 21.0. The van der Waals surface area contributed by atoms with Crippen LogP contribution in [0.1, 0.15) is 69.4 Å². The van der Waals surface area contributed by atoms with E-state index in [2.05, 4.69) is 41.8 Å². The number of carbonyl (C=O) groups excluding carboxylic acids is 4. The average Bonchev–Trinajstić information content (AvgIpc) is 3.26. The molecule has 12 heteroatoms. The van der Waals surface area contributed by atoms with Gasteiger partial charge >= 0.3 is 23.9 Å². The number of H-pyrrole nitrogens is 2. The van der Waals surface area contributed by atoms with E-state index in [1.807, 2.05) is 0 Å². The minimum Gasteiger partial charge on any atom is -0.462 e. The Kier molecular flexibility index (Phi) is 9.08.